The number of aromatic nitrogens is 8. The van der Waals surface area contributed by atoms with E-state index in [4.69, 9.17) is 24.2 Å². The van der Waals surface area contributed by atoms with Crippen molar-refractivity contribution >= 4 is 91.4 Å². The summed E-state index contributed by atoms with van der Waals surface area (Å²) in [5.74, 6) is -0.933. The fraction of sp³-hybridized carbons (Fsp3) is 0.464. The lowest BCUT2D eigenvalue weighted by Crippen LogP contribution is -2.46. The minimum absolute atomic E-state index is 0.0525. The Kier molecular flexibility index (Phi) is 12.8. The number of rotatable bonds is 5. The van der Waals surface area contributed by atoms with Crippen LogP contribution in [0.4, 0.5) is 21.5 Å². The average Bonchev–Trinajstić information content (AvgIpc) is 4.40. The van der Waals surface area contributed by atoms with E-state index in [9.17, 15) is 33.9 Å². The molecule has 78 heavy (non-hydrogen) atoms. The second-order valence-electron chi connectivity index (χ2n) is 23.2. The summed E-state index contributed by atoms with van der Waals surface area (Å²) >= 11 is 0. The molecule has 0 atom stereocenters. The van der Waals surface area contributed by atoms with E-state index in [0.29, 0.717) is 60.5 Å². The Labute approximate surface area is 447 Å². The van der Waals surface area contributed by atoms with Crippen LogP contribution in [-0.2, 0) is 14.2 Å². The molecule has 2 amide bonds. The number of esters is 1. The highest BCUT2D eigenvalue weighted by molar-refractivity contribution is 6.04. The number of para-hydroxylation sites is 4. The van der Waals surface area contributed by atoms with E-state index in [1.54, 1.807) is 21.1 Å². The summed E-state index contributed by atoms with van der Waals surface area (Å²) in [6, 6.07) is 15.0. The van der Waals surface area contributed by atoms with Crippen LogP contribution in [0.25, 0.3) is 55.4 Å². The van der Waals surface area contributed by atoms with Crippen molar-refractivity contribution in [2.45, 2.75) is 98.2 Å². The van der Waals surface area contributed by atoms with E-state index < -0.39 is 34.0 Å². The van der Waals surface area contributed by atoms with Crippen LogP contribution in [0.1, 0.15) is 108 Å². The number of benzene rings is 2. The zero-order valence-corrected chi connectivity index (χ0v) is 45.0. The zero-order valence-electron chi connectivity index (χ0n) is 45.0. The molecular weight excluding hydrogens is 1000 g/mol. The van der Waals surface area contributed by atoms with E-state index in [2.05, 4.69) is 29.7 Å². The number of aromatic carboxylic acids is 1. The molecule has 2 aromatic carbocycles. The molecule has 4 aliphatic heterocycles. The number of pyridine rings is 2. The molecular formula is C56H64N12O10. The number of nitrogens with zero attached hydrogens (tertiary/aromatic N) is 10. The number of ether oxygens (including phenoxy) is 3. The molecule has 6 aromatic heterocycles. The maximum atomic E-state index is 13.5. The molecule has 4 fully saturated rings. The first-order chi connectivity index (χ1) is 37.1. The van der Waals surface area contributed by atoms with E-state index in [0.717, 1.165) is 81.3 Å². The molecule has 10 heterocycles. The van der Waals surface area contributed by atoms with E-state index in [1.165, 1.54) is 12.4 Å². The Morgan fingerprint density at radius 3 is 1.41 bits per heavy atom. The second kappa shape index (κ2) is 19.3. The third-order valence-electron chi connectivity index (χ3n) is 15.7. The van der Waals surface area contributed by atoms with Gasteiger partial charge >= 0.3 is 24.1 Å². The van der Waals surface area contributed by atoms with Gasteiger partial charge in [0.1, 0.15) is 33.6 Å². The lowest BCUT2D eigenvalue weighted by atomic mass is 9.78. The normalized spacial score (nSPS) is 17.5. The van der Waals surface area contributed by atoms with Gasteiger partial charge in [-0.1, -0.05) is 24.3 Å². The van der Waals surface area contributed by atoms with Gasteiger partial charge in [-0.2, -0.15) is 9.97 Å². The number of likely N-dealkylation sites (tertiary alicyclic amines) is 2. The number of fused-ring (bicyclic) bond motifs is 10. The van der Waals surface area contributed by atoms with Crippen LogP contribution in [0.3, 0.4) is 0 Å². The van der Waals surface area contributed by atoms with E-state index in [-0.39, 0.29) is 57.2 Å². The summed E-state index contributed by atoms with van der Waals surface area (Å²) in [5.41, 5.74) is 2.00. The fourth-order valence-electron chi connectivity index (χ4n) is 11.7. The van der Waals surface area contributed by atoms with Crippen LogP contribution in [-0.4, -0.2) is 148 Å². The number of carboxylic acids is 1. The number of anilines is 2. The number of nitrogens with one attached hydrogen (secondary N) is 2. The van der Waals surface area contributed by atoms with Crippen molar-refractivity contribution in [3.05, 3.63) is 92.5 Å². The second-order valence-corrected chi connectivity index (χ2v) is 23.2. The predicted octanol–water partition coefficient (Wildman–Crippen LogP) is 7.78. The van der Waals surface area contributed by atoms with Crippen molar-refractivity contribution in [3.63, 3.8) is 0 Å². The van der Waals surface area contributed by atoms with Gasteiger partial charge in [-0.3, -0.25) is 18.4 Å². The number of hydrogen-bond donors (Lipinski definition) is 3. The van der Waals surface area contributed by atoms with Crippen LogP contribution in [0.2, 0.25) is 0 Å². The number of H-pyrrole nitrogens is 2. The summed E-state index contributed by atoms with van der Waals surface area (Å²) < 4.78 is 19.8. The summed E-state index contributed by atoms with van der Waals surface area (Å²) in [5, 5.41) is 10.2. The van der Waals surface area contributed by atoms with Crippen LogP contribution >= 0.6 is 0 Å². The summed E-state index contributed by atoms with van der Waals surface area (Å²) in [6.45, 7) is 18.8. The highest BCUT2D eigenvalue weighted by Gasteiger charge is 2.45. The topological polar surface area (TPSA) is 255 Å². The molecule has 4 aliphatic rings. The molecule has 408 valence electrons. The molecule has 3 N–H and O–H groups in total. The Bertz CT molecular complexity index is 3850. The first kappa shape index (κ1) is 51.8. The van der Waals surface area contributed by atoms with Gasteiger partial charge in [-0.05, 0) is 122 Å². The van der Waals surface area contributed by atoms with Gasteiger partial charge in [0.2, 0.25) is 22.8 Å². The monoisotopic (exact) mass is 1060 g/mol. The predicted molar refractivity (Wildman–Crippen MR) is 293 cm³/mol. The number of piperidine rings is 2. The highest BCUT2D eigenvalue weighted by atomic mass is 16.6. The number of aromatic amines is 2. The van der Waals surface area contributed by atoms with E-state index >= 15 is 0 Å². The maximum absolute atomic E-state index is 13.5. The SMILES string of the molecule is CC(C)(C)OC(=O)N1CCC2(CC1)CCN(c1ncc3c(=O)c(C(=O)O)c4[nH]c5ccccc5n4c3n1)C2.CCOC(=O)c1c(=O)c2cnc(N3CCC4(CCN(C(=O)OC(C)(C)C)CC4)C3)nc2n2c1[nH]c1ccccc12. The molecule has 22 nitrogen and oxygen atoms in total. The Morgan fingerprint density at radius 1 is 0.603 bits per heavy atom. The number of carbonyl (C=O) groups is 4. The van der Waals surface area contributed by atoms with Gasteiger partial charge in [0, 0.05) is 64.8 Å². The lowest BCUT2D eigenvalue weighted by molar-refractivity contribution is 0.0111. The van der Waals surface area contributed by atoms with E-state index in [1.807, 2.05) is 94.5 Å². The Morgan fingerprint density at radius 2 is 1.00 bits per heavy atom. The molecule has 0 unspecified atom stereocenters. The van der Waals surface area contributed by atoms with Crippen LogP contribution in [0.15, 0.2) is 70.5 Å². The smallest absolute Gasteiger partial charge is 0.410 e. The van der Waals surface area contributed by atoms with Crippen molar-refractivity contribution in [3.8, 4) is 0 Å². The van der Waals surface area contributed by atoms with Gasteiger partial charge < -0.3 is 48.9 Å². The van der Waals surface area contributed by atoms with Crippen LogP contribution < -0.4 is 20.7 Å². The van der Waals surface area contributed by atoms with Crippen molar-refractivity contribution in [1.29, 1.82) is 0 Å². The molecule has 0 aliphatic carbocycles. The molecule has 12 rings (SSSR count). The number of hydrogen-bond acceptors (Lipinski definition) is 15. The molecule has 0 saturated carbocycles. The molecule has 0 radical (unpaired) electrons. The van der Waals surface area contributed by atoms with Crippen molar-refractivity contribution in [2.24, 2.45) is 10.8 Å². The first-order valence-electron chi connectivity index (χ1n) is 26.6. The van der Waals surface area contributed by atoms with Crippen molar-refractivity contribution in [1.82, 2.24) is 48.5 Å². The summed E-state index contributed by atoms with van der Waals surface area (Å²) in [7, 11) is 0. The van der Waals surface area contributed by atoms with Crippen molar-refractivity contribution < 1.29 is 38.5 Å². The minimum Gasteiger partial charge on any atom is -0.477 e. The average molecular weight is 1070 g/mol. The van der Waals surface area contributed by atoms with Crippen LogP contribution in [0, 0.1) is 10.8 Å². The summed E-state index contributed by atoms with van der Waals surface area (Å²) in [6.07, 6.45) is 7.85. The highest BCUT2D eigenvalue weighted by Crippen LogP contribution is 2.43. The largest absolute Gasteiger partial charge is 0.477 e. The molecule has 0 bridgehead atoms. The van der Waals surface area contributed by atoms with Gasteiger partial charge in [0.15, 0.2) is 11.3 Å². The third kappa shape index (κ3) is 9.43. The standard InChI is InChI=1S/C29H34N6O5.C27H30N6O5/c1-5-39-25(37)21-22(36)18-16-30-26(32-23(18)35-20-9-7-6-8-19(20)31-24(21)35)34-15-12-29(17-34)10-13-33(14-11-29)27(38)40-28(2,3)4;1-26(2,3)38-25(37)31-11-8-27(9-12-31)10-13-32(15-27)24-28-14-16-20(34)19(23(35)36)22-29-17-6-4-5-7-18(17)33(22)21(16)30-24/h6-9,16,31H,5,10-15,17H2,1-4H3;4-7,14,29H,8-13,15H2,1-3H3,(H,35,36). The number of imidazole rings is 2. The van der Waals surface area contributed by atoms with Gasteiger partial charge in [-0.15, -0.1) is 0 Å². The molecule has 4 saturated heterocycles. The minimum atomic E-state index is -1.30. The van der Waals surface area contributed by atoms with Gasteiger partial charge in [0.25, 0.3) is 0 Å². The lowest BCUT2D eigenvalue weighted by Gasteiger charge is -2.39. The first-order valence-corrected chi connectivity index (χ1v) is 26.6. The summed E-state index contributed by atoms with van der Waals surface area (Å²) in [4.78, 5) is 110. The fourth-order valence-corrected chi connectivity index (χ4v) is 11.7. The van der Waals surface area contributed by atoms with Crippen LogP contribution in [0.5, 0.6) is 0 Å². The third-order valence-corrected chi connectivity index (χ3v) is 15.7. The quantitative estimate of drug-likeness (QED) is 0.110. The maximum Gasteiger partial charge on any atom is 0.410 e. The molecule has 8 aromatic rings. The van der Waals surface area contributed by atoms with Gasteiger partial charge in [-0.25, -0.2) is 29.1 Å². The number of carboxylic acid groups (broad SMARTS) is 1. The Hall–Kier alpha value is -8.30. The number of carbonyl (C=O) groups excluding carboxylic acids is 3. The molecule has 22 heteroatoms. The Balaban J connectivity index is 0.000000166. The number of amides is 2. The zero-order chi connectivity index (χ0) is 55.1. The van der Waals surface area contributed by atoms with Crippen molar-refractivity contribution in [2.75, 3.05) is 68.8 Å². The molecule has 2 spiro atoms. The van der Waals surface area contributed by atoms with Gasteiger partial charge in [0.05, 0.1) is 39.4 Å².